The van der Waals surface area contributed by atoms with E-state index in [-0.39, 0.29) is 69.3 Å². The zero-order chi connectivity index (χ0) is 44.6. The second-order valence-corrected chi connectivity index (χ2v) is 14.0. The summed E-state index contributed by atoms with van der Waals surface area (Å²) in [5, 5.41) is 20.6. The molecule has 5 aliphatic rings. The van der Waals surface area contributed by atoms with Gasteiger partial charge in [-0.1, -0.05) is 43.4 Å². The van der Waals surface area contributed by atoms with Crippen LogP contribution in [0.5, 0.6) is 0 Å². The number of hydrogen-bond donors (Lipinski definition) is 2. The zero-order valence-corrected chi connectivity index (χ0v) is 33.4. The number of allylic oxidation sites excluding steroid dienone is 8. The number of ether oxygens (including phenoxy) is 10. The van der Waals surface area contributed by atoms with Gasteiger partial charge in [0, 0.05) is 52.9 Å². The summed E-state index contributed by atoms with van der Waals surface area (Å²) in [7, 11) is 0. The second kappa shape index (κ2) is 18.4. The Hall–Kier alpha value is -7.12. The fourth-order valence-electron chi connectivity index (χ4n) is 6.25. The topological polar surface area (TPSA) is 269 Å². The third-order valence-electron chi connectivity index (χ3n) is 9.54. The number of hydrogen-bond acceptors (Lipinski definition) is 20. The van der Waals surface area contributed by atoms with E-state index in [1.807, 2.05) is 0 Å². The standard InChI is InChI=1S/C41H42O20/c1-5-39(21-23-53-25(3)43)56-32(46)27(33(47)57-39)13-9-7-11-15-29-36(50)60-41(61-37(29)51)18-16-40(17-19-41)58-34(48)28(35(49)59-40)14-10-6-8-12-26-30(44)54-38(4,55-31(26)45)20-22-52-24(2)42/h6-15,44,46H,5,16-23H2,1-4H3/b10-6+,11-7+,12-8+,13-9+,28-14?,29-15?. The molecule has 61 heavy (non-hydrogen) atoms. The van der Waals surface area contributed by atoms with Crippen molar-refractivity contribution in [3.8, 4) is 0 Å². The Bertz CT molecular complexity index is 2070. The Balaban J connectivity index is 1.11. The van der Waals surface area contributed by atoms with Gasteiger partial charge in [-0.15, -0.1) is 0 Å². The molecule has 4 heterocycles. The quantitative estimate of drug-likeness (QED) is 0.0880. The third kappa shape index (κ3) is 10.9. The van der Waals surface area contributed by atoms with E-state index in [0.717, 1.165) is 18.2 Å². The van der Waals surface area contributed by atoms with Gasteiger partial charge in [0.2, 0.25) is 0 Å². The average Bonchev–Trinajstić information content (AvgIpc) is 3.16. The van der Waals surface area contributed by atoms with E-state index in [2.05, 4.69) is 0 Å². The fraction of sp³-hybridized carbons (Fsp3) is 0.415. The maximum absolute atomic E-state index is 12.9. The summed E-state index contributed by atoms with van der Waals surface area (Å²) in [6, 6.07) is 0. The number of aliphatic hydroxyl groups excluding tert-OH is 2. The van der Waals surface area contributed by atoms with Crippen LogP contribution in [-0.2, 0) is 85.7 Å². The molecule has 0 aromatic carbocycles. The Morgan fingerprint density at radius 3 is 1.36 bits per heavy atom. The maximum Gasteiger partial charge on any atom is 0.348 e. The van der Waals surface area contributed by atoms with Crippen LogP contribution in [0.15, 0.2) is 94.9 Å². The zero-order valence-electron chi connectivity index (χ0n) is 33.4. The number of aliphatic hydroxyl groups is 2. The number of carbonyl (C=O) groups is 8. The monoisotopic (exact) mass is 854 g/mol. The molecule has 1 aliphatic carbocycles. The van der Waals surface area contributed by atoms with E-state index in [1.165, 1.54) is 63.3 Å². The molecule has 2 N–H and O–H groups in total. The van der Waals surface area contributed by atoms with Crippen molar-refractivity contribution in [2.24, 2.45) is 0 Å². The van der Waals surface area contributed by atoms with Crippen molar-refractivity contribution in [1.29, 1.82) is 0 Å². The smallest absolute Gasteiger partial charge is 0.348 e. The van der Waals surface area contributed by atoms with E-state index < -0.39 is 93.9 Å². The number of esters is 8. The summed E-state index contributed by atoms with van der Waals surface area (Å²) < 4.78 is 53.0. The van der Waals surface area contributed by atoms with E-state index in [4.69, 9.17) is 47.4 Å². The first-order valence-electron chi connectivity index (χ1n) is 18.8. The highest BCUT2D eigenvalue weighted by molar-refractivity contribution is 6.16. The molecule has 0 aromatic rings. The summed E-state index contributed by atoms with van der Waals surface area (Å²) in [6.45, 7) is 5.23. The fourth-order valence-corrected chi connectivity index (χ4v) is 6.25. The van der Waals surface area contributed by atoms with Gasteiger partial charge >= 0.3 is 47.8 Å². The van der Waals surface area contributed by atoms with E-state index >= 15 is 0 Å². The third-order valence-corrected chi connectivity index (χ3v) is 9.54. The number of carbonyl (C=O) groups excluding carboxylic acids is 8. The highest BCUT2D eigenvalue weighted by Gasteiger charge is 2.57. The average molecular weight is 855 g/mol. The van der Waals surface area contributed by atoms with Gasteiger partial charge in [-0.05, 0) is 24.3 Å². The van der Waals surface area contributed by atoms with Gasteiger partial charge in [0.1, 0.15) is 22.3 Å². The molecule has 2 saturated heterocycles. The molecule has 0 bridgehead atoms. The summed E-state index contributed by atoms with van der Waals surface area (Å²) in [4.78, 5) is 98.7. The first-order valence-corrected chi connectivity index (χ1v) is 18.8. The molecule has 0 aromatic heterocycles. The van der Waals surface area contributed by atoms with Gasteiger partial charge < -0.3 is 57.6 Å². The molecule has 0 amide bonds. The normalized spacial score (nSPS) is 28.1. The van der Waals surface area contributed by atoms with Crippen molar-refractivity contribution in [2.45, 2.75) is 95.8 Å². The van der Waals surface area contributed by atoms with E-state index in [9.17, 15) is 48.6 Å². The number of rotatable bonds is 13. The van der Waals surface area contributed by atoms with Crippen LogP contribution in [0.25, 0.3) is 0 Å². The van der Waals surface area contributed by atoms with Crippen molar-refractivity contribution in [3.05, 3.63) is 94.9 Å². The van der Waals surface area contributed by atoms with Gasteiger partial charge in [0.05, 0.1) is 26.1 Å². The Kier molecular flexibility index (Phi) is 13.6. The molecular formula is C41H42O20. The second-order valence-electron chi connectivity index (χ2n) is 14.0. The van der Waals surface area contributed by atoms with Crippen molar-refractivity contribution in [2.75, 3.05) is 13.2 Å². The number of cyclic esters (lactones) is 2. The SMILES string of the molecule is CCC1(CCOC(C)=O)OC(=O)C(/C=C/C=C/C=C2C(=O)OC3(CCC4(CC3)OC(=O)C(=C/C=C/C=C/C3=C(O)OC(C)(CCOC(C)=O)OC3=O)C(=O)O4)OC2=O)=C(O)O1. The molecular weight excluding hydrogens is 812 g/mol. The Morgan fingerprint density at radius 2 is 0.967 bits per heavy atom. The minimum Gasteiger partial charge on any atom is -0.480 e. The lowest BCUT2D eigenvalue weighted by molar-refractivity contribution is -0.291. The van der Waals surface area contributed by atoms with Gasteiger partial charge in [0.25, 0.3) is 35.0 Å². The molecule has 1 saturated carbocycles. The van der Waals surface area contributed by atoms with Crippen LogP contribution >= 0.6 is 0 Å². The minimum atomic E-state index is -1.72. The predicted molar refractivity (Wildman–Crippen MR) is 199 cm³/mol. The lowest BCUT2D eigenvalue weighted by atomic mass is 9.87. The molecule has 4 aliphatic heterocycles. The lowest BCUT2D eigenvalue weighted by Crippen LogP contribution is -2.56. The molecule has 2 spiro atoms. The van der Waals surface area contributed by atoms with Crippen LogP contribution in [-0.4, -0.2) is 94.3 Å². The van der Waals surface area contributed by atoms with Crippen LogP contribution in [0.1, 0.15) is 72.6 Å². The van der Waals surface area contributed by atoms with Crippen molar-refractivity contribution in [1.82, 2.24) is 0 Å². The van der Waals surface area contributed by atoms with Crippen LogP contribution in [0.2, 0.25) is 0 Å². The van der Waals surface area contributed by atoms with Crippen molar-refractivity contribution >= 4 is 47.8 Å². The minimum absolute atomic E-state index is 0.0188. The van der Waals surface area contributed by atoms with Gasteiger partial charge in [-0.3, -0.25) is 9.59 Å². The molecule has 326 valence electrons. The van der Waals surface area contributed by atoms with E-state index in [0.29, 0.717) is 0 Å². The van der Waals surface area contributed by atoms with Gasteiger partial charge in [0.15, 0.2) is 0 Å². The molecule has 20 nitrogen and oxygen atoms in total. The van der Waals surface area contributed by atoms with Gasteiger partial charge in [-0.25, -0.2) is 28.8 Å². The van der Waals surface area contributed by atoms with Crippen LogP contribution in [0.4, 0.5) is 0 Å². The van der Waals surface area contributed by atoms with Crippen molar-refractivity contribution < 1.29 is 95.9 Å². The maximum atomic E-state index is 12.9. The summed E-state index contributed by atoms with van der Waals surface area (Å²) >= 11 is 0. The van der Waals surface area contributed by atoms with E-state index in [1.54, 1.807) is 6.92 Å². The molecule has 0 radical (unpaired) electrons. The first kappa shape index (κ1) is 45.0. The molecule has 20 heteroatoms. The molecule has 3 fully saturated rings. The summed E-state index contributed by atoms with van der Waals surface area (Å²) in [6.07, 6.45) is 11.7. The summed E-state index contributed by atoms with van der Waals surface area (Å²) in [5.41, 5.74) is -1.55. The highest BCUT2D eigenvalue weighted by Crippen LogP contribution is 2.45. The summed E-state index contributed by atoms with van der Waals surface area (Å²) in [5.74, 6) is -14.9. The highest BCUT2D eigenvalue weighted by atomic mass is 16.8. The van der Waals surface area contributed by atoms with Crippen molar-refractivity contribution in [3.63, 3.8) is 0 Å². The predicted octanol–water partition coefficient (Wildman–Crippen LogP) is 3.65. The Morgan fingerprint density at radius 1 is 0.557 bits per heavy atom. The molecule has 2 unspecified atom stereocenters. The Labute approximate surface area is 347 Å². The van der Waals surface area contributed by atoms with Crippen LogP contribution in [0.3, 0.4) is 0 Å². The lowest BCUT2D eigenvalue weighted by Gasteiger charge is -2.45. The largest absolute Gasteiger partial charge is 0.480 e. The molecule has 5 rings (SSSR count). The first-order chi connectivity index (χ1) is 28.8. The molecule has 2 atom stereocenters. The van der Waals surface area contributed by atoms with Gasteiger partial charge in [-0.2, -0.15) is 0 Å². The van der Waals surface area contributed by atoms with Crippen LogP contribution < -0.4 is 0 Å². The van der Waals surface area contributed by atoms with Crippen LogP contribution in [0, 0.1) is 0 Å².